The molecule has 0 spiro atoms. The molecule has 2 heterocycles. The van der Waals surface area contributed by atoms with Gasteiger partial charge >= 0.3 is 0 Å². The van der Waals surface area contributed by atoms with Crippen LogP contribution in [0.25, 0.3) is 0 Å². The molecule has 0 unspecified atom stereocenters. The number of rotatable bonds is 7. The molecule has 1 aliphatic rings. The molecule has 1 N–H and O–H groups in total. The summed E-state index contributed by atoms with van der Waals surface area (Å²) in [6.45, 7) is 6.28. The van der Waals surface area contributed by atoms with Gasteiger partial charge in [-0.15, -0.1) is 0 Å². The highest BCUT2D eigenvalue weighted by Crippen LogP contribution is 2.20. The summed E-state index contributed by atoms with van der Waals surface area (Å²) >= 11 is 0. The summed E-state index contributed by atoms with van der Waals surface area (Å²) < 4.78 is 27.5. The van der Waals surface area contributed by atoms with E-state index in [9.17, 15) is 13.5 Å². The van der Waals surface area contributed by atoms with Gasteiger partial charge in [-0.3, -0.25) is 4.90 Å². The zero-order valence-electron chi connectivity index (χ0n) is 15.4. The van der Waals surface area contributed by atoms with Crippen LogP contribution in [0.15, 0.2) is 41.7 Å². The number of benzene rings is 1. The number of hydrogen-bond acceptors (Lipinski definition) is 5. The van der Waals surface area contributed by atoms with E-state index >= 15 is 0 Å². The van der Waals surface area contributed by atoms with Crippen molar-refractivity contribution in [1.82, 2.24) is 14.5 Å². The average Bonchev–Trinajstić information content (AvgIpc) is 3.15. The van der Waals surface area contributed by atoms with Gasteiger partial charge in [0.2, 0.25) is 15.0 Å². The molecule has 0 amide bonds. The third-order valence-electron chi connectivity index (χ3n) is 4.55. The van der Waals surface area contributed by atoms with Gasteiger partial charge in [-0.25, -0.2) is 13.4 Å². The summed E-state index contributed by atoms with van der Waals surface area (Å²) in [6.07, 6.45) is 2.12. The Morgan fingerprint density at radius 1 is 1.23 bits per heavy atom. The fourth-order valence-corrected chi connectivity index (χ4v) is 5.16. The average molecular weight is 378 g/mol. The SMILES string of the molecule is CC(C)CS(=O)(=O)c1ncc(CN2CC[C@H](O)C2)n1Cc1ccccc1. The Morgan fingerprint density at radius 3 is 2.58 bits per heavy atom. The van der Waals surface area contributed by atoms with E-state index in [0.717, 1.165) is 24.2 Å². The number of hydrogen-bond donors (Lipinski definition) is 1. The predicted octanol–water partition coefficient (Wildman–Crippen LogP) is 1.93. The van der Waals surface area contributed by atoms with Crippen molar-refractivity contribution in [1.29, 1.82) is 0 Å². The van der Waals surface area contributed by atoms with Gasteiger partial charge in [0.1, 0.15) is 0 Å². The zero-order chi connectivity index (χ0) is 18.7. The van der Waals surface area contributed by atoms with Gasteiger partial charge in [-0.2, -0.15) is 0 Å². The first-order valence-corrected chi connectivity index (χ1v) is 10.7. The van der Waals surface area contributed by atoms with Gasteiger partial charge in [0, 0.05) is 19.6 Å². The van der Waals surface area contributed by atoms with E-state index in [1.807, 2.05) is 48.7 Å². The smallest absolute Gasteiger partial charge is 0.228 e. The summed E-state index contributed by atoms with van der Waals surface area (Å²) in [5.41, 5.74) is 1.90. The molecule has 1 aromatic carbocycles. The second kappa shape index (κ2) is 7.90. The van der Waals surface area contributed by atoms with Gasteiger partial charge in [0.15, 0.2) is 0 Å². The highest BCUT2D eigenvalue weighted by molar-refractivity contribution is 7.91. The van der Waals surface area contributed by atoms with Crippen molar-refractivity contribution in [2.75, 3.05) is 18.8 Å². The van der Waals surface area contributed by atoms with Crippen molar-refractivity contribution in [2.45, 2.75) is 44.6 Å². The Kier molecular flexibility index (Phi) is 5.79. The van der Waals surface area contributed by atoms with Crippen molar-refractivity contribution in [3.63, 3.8) is 0 Å². The maximum atomic E-state index is 12.8. The molecule has 6 nitrogen and oxygen atoms in total. The lowest BCUT2D eigenvalue weighted by molar-refractivity contribution is 0.174. The van der Waals surface area contributed by atoms with Gasteiger partial charge < -0.3 is 9.67 Å². The van der Waals surface area contributed by atoms with Crippen LogP contribution in [0, 0.1) is 5.92 Å². The molecule has 26 heavy (non-hydrogen) atoms. The minimum absolute atomic E-state index is 0.0408. The molecule has 3 rings (SSSR count). The number of likely N-dealkylation sites (tertiary alicyclic amines) is 1. The molecule has 1 saturated heterocycles. The molecule has 7 heteroatoms. The highest BCUT2D eigenvalue weighted by Gasteiger charge is 2.27. The third-order valence-corrected chi connectivity index (χ3v) is 6.54. The van der Waals surface area contributed by atoms with E-state index < -0.39 is 9.84 Å². The van der Waals surface area contributed by atoms with E-state index in [-0.39, 0.29) is 22.9 Å². The second-order valence-electron chi connectivity index (χ2n) is 7.46. The zero-order valence-corrected chi connectivity index (χ0v) is 16.2. The summed E-state index contributed by atoms with van der Waals surface area (Å²) in [6, 6.07) is 9.82. The number of aromatic nitrogens is 2. The van der Waals surface area contributed by atoms with Crippen LogP contribution in [0.4, 0.5) is 0 Å². The van der Waals surface area contributed by atoms with Crippen LogP contribution in [0.3, 0.4) is 0 Å². The molecule has 142 valence electrons. The highest BCUT2D eigenvalue weighted by atomic mass is 32.2. The molecular formula is C19H27N3O3S. The van der Waals surface area contributed by atoms with Crippen LogP contribution in [-0.2, 0) is 22.9 Å². The molecule has 0 bridgehead atoms. The minimum atomic E-state index is -3.45. The van der Waals surface area contributed by atoms with E-state index in [4.69, 9.17) is 0 Å². The van der Waals surface area contributed by atoms with Crippen molar-refractivity contribution >= 4 is 9.84 Å². The fourth-order valence-electron chi connectivity index (χ4n) is 3.40. The van der Waals surface area contributed by atoms with E-state index in [1.54, 1.807) is 6.20 Å². The first-order chi connectivity index (χ1) is 12.3. The van der Waals surface area contributed by atoms with Crippen molar-refractivity contribution < 1.29 is 13.5 Å². The van der Waals surface area contributed by atoms with Gasteiger partial charge in [0.25, 0.3) is 0 Å². The molecule has 2 aromatic rings. The third kappa shape index (κ3) is 4.52. The van der Waals surface area contributed by atoms with Gasteiger partial charge in [0.05, 0.1) is 30.3 Å². The van der Waals surface area contributed by atoms with Crippen LogP contribution in [-0.4, -0.2) is 52.9 Å². The number of aliphatic hydroxyl groups excluding tert-OH is 1. The number of imidazole rings is 1. The largest absolute Gasteiger partial charge is 0.392 e. The Labute approximate surface area is 155 Å². The fraction of sp³-hybridized carbons (Fsp3) is 0.526. The molecule has 1 aromatic heterocycles. The molecule has 0 aliphatic carbocycles. The van der Waals surface area contributed by atoms with E-state index in [1.165, 1.54) is 0 Å². The number of β-amino-alcohol motifs (C(OH)–C–C–N with tert-alkyl or cyclic N) is 1. The van der Waals surface area contributed by atoms with Crippen LogP contribution in [0.1, 0.15) is 31.5 Å². The Hall–Kier alpha value is -1.70. The van der Waals surface area contributed by atoms with Crippen LogP contribution in [0.2, 0.25) is 0 Å². The van der Waals surface area contributed by atoms with Gasteiger partial charge in [-0.05, 0) is 17.9 Å². The number of sulfone groups is 1. The van der Waals surface area contributed by atoms with Gasteiger partial charge in [-0.1, -0.05) is 44.2 Å². The maximum absolute atomic E-state index is 12.8. The minimum Gasteiger partial charge on any atom is -0.392 e. The normalized spacial score (nSPS) is 18.7. The van der Waals surface area contributed by atoms with Crippen molar-refractivity contribution in [3.8, 4) is 0 Å². The Balaban J connectivity index is 1.93. The number of nitrogens with zero attached hydrogens (tertiary/aromatic N) is 3. The Bertz CT molecular complexity index is 831. The van der Waals surface area contributed by atoms with E-state index in [0.29, 0.717) is 19.6 Å². The Morgan fingerprint density at radius 2 is 1.96 bits per heavy atom. The standard InChI is InChI=1S/C19H27N3O3S/c1-15(2)14-26(24,25)19-20-10-17(12-21-9-8-18(23)13-21)22(19)11-16-6-4-3-5-7-16/h3-7,10,15,18,23H,8-9,11-14H2,1-2H3/t18-/m0/s1. The molecule has 0 saturated carbocycles. The molecule has 0 radical (unpaired) electrons. The predicted molar refractivity (Wildman–Crippen MR) is 101 cm³/mol. The summed E-state index contributed by atoms with van der Waals surface area (Å²) in [5, 5.41) is 9.90. The molecule has 1 fully saturated rings. The summed E-state index contributed by atoms with van der Waals surface area (Å²) in [5.74, 6) is 0.125. The van der Waals surface area contributed by atoms with Crippen LogP contribution < -0.4 is 0 Å². The second-order valence-corrected chi connectivity index (χ2v) is 9.38. The van der Waals surface area contributed by atoms with Crippen molar-refractivity contribution in [2.24, 2.45) is 5.92 Å². The first kappa shape index (κ1) is 19.1. The topological polar surface area (TPSA) is 75.4 Å². The van der Waals surface area contributed by atoms with Crippen molar-refractivity contribution in [3.05, 3.63) is 47.8 Å². The van der Waals surface area contributed by atoms with Crippen LogP contribution >= 0.6 is 0 Å². The first-order valence-electron chi connectivity index (χ1n) is 9.06. The lowest BCUT2D eigenvalue weighted by Gasteiger charge is -2.18. The monoisotopic (exact) mass is 377 g/mol. The molecule has 1 atom stereocenters. The van der Waals surface area contributed by atoms with Crippen LogP contribution in [0.5, 0.6) is 0 Å². The lowest BCUT2D eigenvalue weighted by atomic mass is 10.2. The quantitative estimate of drug-likeness (QED) is 0.798. The molecular weight excluding hydrogens is 350 g/mol. The van der Waals surface area contributed by atoms with E-state index in [2.05, 4.69) is 9.88 Å². The molecule has 1 aliphatic heterocycles. The lowest BCUT2D eigenvalue weighted by Crippen LogP contribution is -2.24. The summed E-state index contributed by atoms with van der Waals surface area (Å²) in [4.78, 5) is 6.42. The number of aliphatic hydroxyl groups is 1. The maximum Gasteiger partial charge on any atom is 0.228 e. The summed E-state index contributed by atoms with van der Waals surface area (Å²) in [7, 11) is -3.45.